The predicted molar refractivity (Wildman–Crippen MR) is 106 cm³/mol. The predicted octanol–water partition coefficient (Wildman–Crippen LogP) is 2.21. The Labute approximate surface area is 161 Å². The lowest BCUT2D eigenvalue weighted by atomic mass is 10.1. The maximum absolute atomic E-state index is 12.5. The number of hydrogen-bond donors (Lipinski definition) is 1. The number of likely N-dealkylation sites (tertiary alicyclic amines) is 1. The van der Waals surface area contributed by atoms with Gasteiger partial charge in [-0.15, -0.1) is 0 Å². The van der Waals surface area contributed by atoms with Gasteiger partial charge >= 0.3 is 6.03 Å². The summed E-state index contributed by atoms with van der Waals surface area (Å²) in [5.74, 6) is 0.224. The molecule has 0 saturated carbocycles. The van der Waals surface area contributed by atoms with E-state index in [9.17, 15) is 9.59 Å². The van der Waals surface area contributed by atoms with E-state index in [4.69, 9.17) is 0 Å². The Morgan fingerprint density at radius 1 is 1.11 bits per heavy atom. The highest BCUT2D eigenvalue weighted by Gasteiger charge is 2.22. The smallest absolute Gasteiger partial charge is 0.317 e. The van der Waals surface area contributed by atoms with Crippen molar-refractivity contribution in [3.63, 3.8) is 0 Å². The molecule has 1 aromatic carbocycles. The van der Waals surface area contributed by atoms with E-state index in [-0.39, 0.29) is 11.9 Å². The van der Waals surface area contributed by atoms with Gasteiger partial charge in [-0.05, 0) is 24.5 Å². The number of carbonyl (C=O) groups is 2. The highest BCUT2D eigenvalue weighted by atomic mass is 16.2. The minimum Gasteiger partial charge on any atom is -0.338 e. The van der Waals surface area contributed by atoms with E-state index in [0.29, 0.717) is 19.5 Å². The highest BCUT2D eigenvalue weighted by Crippen LogP contribution is 2.17. The first-order valence-corrected chi connectivity index (χ1v) is 9.77. The van der Waals surface area contributed by atoms with Crippen LogP contribution in [0.5, 0.6) is 0 Å². The molecule has 1 N–H and O–H groups in total. The molecule has 146 valence electrons. The zero-order valence-corrected chi connectivity index (χ0v) is 16.2. The number of nitrogens with zero attached hydrogens (tertiary/aromatic N) is 3. The summed E-state index contributed by atoms with van der Waals surface area (Å²) >= 11 is 0. The number of benzene rings is 1. The first-order valence-electron chi connectivity index (χ1n) is 9.77. The highest BCUT2D eigenvalue weighted by molar-refractivity contribution is 5.78. The van der Waals surface area contributed by atoms with Crippen molar-refractivity contribution in [1.29, 1.82) is 0 Å². The molecule has 6 heteroatoms. The van der Waals surface area contributed by atoms with Crippen molar-refractivity contribution in [2.45, 2.75) is 32.9 Å². The van der Waals surface area contributed by atoms with E-state index in [1.807, 2.05) is 41.0 Å². The van der Waals surface area contributed by atoms with E-state index in [1.54, 1.807) is 0 Å². The molecule has 0 radical (unpaired) electrons. The average Bonchev–Trinajstić information content (AvgIpc) is 3.05. The van der Waals surface area contributed by atoms with Gasteiger partial charge in [-0.3, -0.25) is 9.69 Å². The lowest BCUT2D eigenvalue weighted by Gasteiger charge is -2.34. The molecular weight excluding hydrogens is 340 g/mol. The van der Waals surface area contributed by atoms with Crippen LogP contribution >= 0.6 is 0 Å². The van der Waals surface area contributed by atoms with Gasteiger partial charge < -0.3 is 15.1 Å². The van der Waals surface area contributed by atoms with Crippen LogP contribution < -0.4 is 5.32 Å². The fraction of sp³-hybridized carbons (Fsp3) is 0.524. The van der Waals surface area contributed by atoms with Gasteiger partial charge in [0.05, 0.1) is 0 Å². The van der Waals surface area contributed by atoms with E-state index in [2.05, 4.69) is 16.8 Å². The first-order chi connectivity index (χ1) is 13.0. The summed E-state index contributed by atoms with van der Waals surface area (Å²) in [6.45, 7) is 12.1. The Bertz CT molecular complexity index is 695. The maximum Gasteiger partial charge on any atom is 0.317 e. The standard InChI is InChI=1S/C21H30N4O2/c1-17(2)15-23-10-12-24(13-11-23)21(27)22-14-18-6-3-4-7-19(18)16-25-9-5-8-20(25)26/h3-4,6-7H,1,5,8-16H2,2H3,(H,22,27). The summed E-state index contributed by atoms with van der Waals surface area (Å²) in [6, 6.07) is 8.02. The third-order valence-electron chi connectivity index (χ3n) is 5.23. The fourth-order valence-electron chi connectivity index (χ4n) is 3.73. The molecule has 2 aliphatic rings. The Hall–Kier alpha value is -2.34. The minimum atomic E-state index is -0.0166. The summed E-state index contributed by atoms with van der Waals surface area (Å²) in [5, 5.41) is 3.05. The molecule has 2 fully saturated rings. The Morgan fingerprint density at radius 3 is 2.44 bits per heavy atom. The van der Waals surface area contributed by atoms with Gasteiger partial charge in [-0.25, -0.2) is 4.79 Å². The molecule has 1 aromatic rings. The average molecular weight is 370 g/mol. The van der Waals surface area contributed by atoms with E-state index >= 15 is 0 Å². The summed E-state index contributed by atoms with van der Waals surface area (Å²) in [7, 11) is 0. The van der Waals surface area contributed by atoms with Crippen molar-refractivity contribution in [2.24, 2.45) is 0 Å². The van der Waals surface area contributed by atoms with Crippen LogP contribution in [0.4, 0.5) is 4.79 Å². The first kappa shape index (κ1) is 19.4. The van der Waals surface area contributed by atoms with Crippen LogP contribution in [0, 0.1) is 0 Å². The Morgan fingerprint density at radius 2 is 1.81 bits per heavy atom. The molecule has 3 rings (SSSR count). The largest absolute Gasteiger partial charge is 0.338 e. The van der Waals surface area contributed by atoms with Crippen molar-refractivity contribution < 1.29 is 9.59 Å². The number of hydrogen-bond acceptors (Lipinski definition) is 3. The van der Waals surface area contributed by atoms with E-state index in [0.717, 1.165) is 62.4 Å². The molecule has 0 bridgehead atoms. The van der Waals surface area contributed by atoms with Gasteiger partial charge in [0.1, 0.15) is 0 Å². The van der Waals surface area contributed by atoms with Crippen molar-refractivity contribution in [2.75, 3.05) is 39.3 Å². The van der Waals surface area contributed by atoms with Crippen molar-refractivity contribution in [1.82, 2.24) is 20.0 Å². The molecule has 0 aliphatic carbocycles. The number of rotatable bonds is 6. The summed E-state index contributed by atoms with van der Waals surface area (Å²) < 4.78 is 0. The van der Waals surface area contributed by atoms with E-state index in [1.165, 1.54) is 0 Å². The van der Waals surface area contributed by atoms with Crippen molar-refractivity contribution >= 4 is 11.9 Å². The van der Waals surface area contributed by atoms with Crippen LogP contribution in [0.25, 0.3) is 0 Å². The number of piperazine rings is 1. The monoisotopic (exact) mass is 370 g/mol. The molecule has 0 spiro atoms. The van der Waals surface area contributed by atoms with Crippen molar-refractivity contribution in [3.05, 3.63) is 47.5 Å². The molecule has 27 heavy (non-hydrogen) atoms. The molecule has 0 aromatic heterocycles. The van der Waals surface area contributed by atoms with Gasteiger partial charge in [0, 0.05) is 58.8 Å². The third-order valence-corrected chi connectivity index (χ3v) is 5.23. The molecule has 0 atom stereocenters. The van der Waals surface area contributed by atoms with Crippen LogP contribution in [-0.4, -0.2) is 65.9 Å². The van der Waals surface area contributed by atoms with Gasteiger partial charge in [0.2, 0.25) is 5.91 Å². The third kappa shape index (κ3) is 5.32. The Kier molecular flexibility index (Phi) is 6.50. The number of amides is 3. The van der Waals surface area contributed by atoms with Crippen LogP contribution in [0.1, 0.15) is 30.9 Å². The SMILES string of the molecule is C=C(C)CN1CCN(C(=O)NCc2ccccc2CN2CCCC2=O)CC1. The van der Waals surface area contributed by atoms with Crippen LogP contribution in [-0.2, 0) is 17.9 Å². The lowest BCUT2D eigenvalue weighted by molar-refractivity contribution is -0.128. The van der Waals surface area contributed by atoms with E-state index < -0.39 is 0 Å². The molecule has 0 unspecified atom stereocenters. The summed E-state index contributed by atoms with van der Waals surface area (Å²) in [6.07, 6.45) is 1.59. The minimum absolute atomic E-state index is 0.0166. The molecule has 3 amide bonds. The van der Waals surface area contributed by atoms with Crippen molar-refractivity contribution in [3.8, 4) is 0 Å². The fourth-order valence-corrected chi connectivity index (χ4v) is 3.73. The second-order valence-electron chi connectivity index (χ2n) is 7.57. The zero-order valence-electron chi connectivity index (χ0n) is 16.2. The summed E-state index contributed by atoms with van der Waals surface area (Å²) in [5.41, 5.74) is 3.34. The normalized spacial score (nSPS) is 18.0. The Balaban J connectivity index is 1.50. The van der Waals surface area contributed by atoms with Crippen LogP contribution in [0.3, 0.4) is 0 Å². The topological polar surface area (TPSA) is 55.9 Å². The lowest BCUT2D eigenvalue weighted by Crippen LogP contribution is -2.51. The number of urea groups is 1. The maximum atomic E-state index is 12.5. The molecule has 6 nitrogen and oxygen atoms in total. The van der Waals surface area contributed by atoms with Gasteiger partial charge in [0.25, 0.3) is 0 Å². The molecule has 2 aliphatic heterocycles. The molecule has 2 heterocycles. The van der Waals surface area contributed by atoms with Gasteiger partial charge in [-0.1, -0.05) is 36.4 Å². The van der Waals surface area contributed by atoms with Gasteiger partial charge in [-0.2, -0.15) is 0 Å². The second kappa shape index (κ2) is 9.04. The van der Waals surface area contributed by atoms with Gasteiger partial charge in [0.15, 0.2) is 0 Å². The van der Waals surface area contributed by atoms with Crippen LogP contribution in [0.2, 0.25) is 0 Å². The molecule has 2 saturated heterocycles. The summed E-state index contributed by atoms with van der Waals surface area (Å²) in [4.78, 5) is 30.5. The number of carbonyl (C=O) groups excluding carboxylic acids is 2. The molecular formula is C21H30N4O2. The zero-order chi connectivity index (χ0) is 19.2. The van der Waals surface area contributed by atoms with Crippen LogP contribution in [0.15, 0.2) is 36.4 Å². The quantitative estimate of drug-likeness (QED) is 0.781. The number of nitrogens with one attached hydrogen (secondary N) is 1. The second-order valence-corrected chi connectivity index (χ2v) is 7.57.